The number of likely N-dealkylation sites (tertiary alicyclic amines) is 1. The van der Waals surface area contributed by atoms with Gasteiger partial charge >= 0.3 is 0 Å². The SMILES string of the molecule is CCCOCC(=O)N1CCCC1C1CCNCC1. The van der Waals surface area contributed by atoms with Gasteiger partial charge < -0.3 is 15.0 Å². The molecular formula is C14H26N2O2. The summed E-state index contributed by atoms with van der Waals surface area (Å²) in [5.74, 6) is 0.897. The third-order valence-electron chi connectivity index (χ3n) is 4.12. The van der Waals surface area contributed by atoms with E-state index < -0.39 is 0 Å². The number of carbonyl (C=O) groups is 1. The van der Waals surface area contributed by atoms with Gasteiger partial charge in [-0.25, -0.2) is 0 Å². The molecule has 2 saturated heterocycles. The number of nitrogens with one attached hydrogen (secondary N) is 1. The molecule has 1 atom stereocenters. The maximum absolute atomic E-state index is 12.2. The third-order valence-corrected chi connectivity index (χ3v) is 4.12. The minimum atomic E-state index is 0.199. The Labute approximate surface area is 110 Å². The fourth-order valence-corrected chi connectivity index (χ4v) is 3.21. The summed E-state index contributed by atoms with van der Waals surface area (Å²) in [6.45, 7) is 6.18. The van der Waals surface area contributed by atoms with Crippen LogP contribution in [0, 0.1) is 5.92 Å². The summed E-state index contributed by atoms with van der Waals surface area (Å²) >= 11 is 0. The number of nitrogens with zero attached hydrogens (tertiary/aromatic N) is 1. The minimum absolute atomic E-state index is 0.199. The van der Waals surface area contributed by atoms with Crippen LogP contribution in [0.3, 0.4) is 0 Å². The Balaban J connectivity index is 1.84. The number of ether oxygens (including phenoxy) is 1. The van der Waals surface area contributed by atoms with E-state index in [1.165, 1.54) is 19.3 Å². The summed E-state index contributed by atoms with van der Waals surface area (Å²) in [5, 5.41) is 3.40. The number of hydrogen-bond acceptors (Lipinski definition) is 3. The summed E-state index contributed by atoms with van der Waals surface area (Å²) in [5.41, 5.74) is 0. The van der Waals surface area contributed by atoms with Gasteiger partial charge in [-0.1, -0.05) is 6.92 Å². The Morgan fingerprint density at radius 1 is 1.33 bits per heavy atom. The van der Waals surface area contributed by atoms with Crippen molar-refractivity contribution in [2.75, 3.05) is 32.8 Å². The smallest absolute Gasteiger partial charge is 0.248 e. The molecule has 104 valence electrons. The Kier molecular flexibility index (Phi) is 5.45. The lowest BCUT2D eigenvalue weighted by atomic mass is 9.89. The predicted molar refractivity (Wildman–Crippen MR) is 71.4 cm³/mol. The highest BCUT2D eigenvalue weighted by Crippen LogP contribution is 2.29. The summed E-state index contributed by atoms with van der Waals surface area (Å²) < 4.78 is 5.39. The molecule has 1 unspecified atom stereocenters. The van der Waals surface area contributed by atoms with Crippen molar-refractivity contribution in [1.82, 2.24) is 10.2 Å². The van der Waals surface area contributed by atoms with Crippen molar-refractivity contribution in [3.63, 3.8) is 0 Å². The fraction of sp³-hybridized carbons (Fsp3) is 0.929. The van der Waals surface area contributed by atoms with Crippen LogP contribution in [0.2, 0.25) is 0 Å². The van der Waals surface area contributed by atoms with Crippen LogP contribution in [-0.4, -0.2) is 49.7 Å². The molecule has 2 rings (SSSR count). The van der Waals surface area contributed by atoms with Crippen LogP contribution in [-0.2, 0) is 9.53 Å². The van der Waals surface area contributed by atoms with Crippen molar-refractivity contribution in [2.24, 2.45) is 5.92 Å². The highest BCUT2D eigenvalue weighted by molar-refractivity contribution is 5.78. The van der Waals surface area contributed by atoms with Gasteiger partial charge in [0.15, 0.2) is 0 Å². The van der Waals surface area contributed by atoms with Crippen LogP contribution in [0.25, 0.3) is 0 Å². The zero-order valence-electron chi connectivity index (χ0n) is 11.5. The van der Waals surface area contributed by atoms with Crippen molar-refractivity contribution >= 4 is 5.91 Å². The molecule has 2 aliphatic rings. The van der Waals surface area contributed by atoms with E-state index in [1.807, 2.05) is 0 Å². The first kappa shape index (κ1) is 13.8. The van der Waals surface area contributed by atoms with Crippen molar-refractivity contribution in [3.05, 3.63) is 0 Å². The average Bonchev–Trinajstić information content (AvgIpc) is 2.89. The number of carbonyl (C=O) groups excluding carboxylic acids is 1. The summed E-state index contributed by atoms with van der Waals surface area (Å²) in [7, 11) is 0. The Morgan fingerprint density at radius 3 is 2.83 bits per heavy atom. The first-order chi connectivity index (χ1) is 8.83. The van der Waals surface area contributed by atoms with Gasteiger partial charge in [0.1, 0.15) is 6.61 Å². The molecule has 2 heterocycles. The van der Waals surface area contributed by atoms with Gasteiger partial charge in [0, 0.05) is 19.2 Å². The van der Waals surface area contributed by atoms with Crippen LogP contribution in [0.1, 0.15) is 39.0 Å². The molecule has 0 bridgehead atoms. The van der Waals surface area contributed by atoms with Gasteiger partial charge in [0.05, 0.1) is 0 Å². The van der Waals surface area contributed by atoms with Crippen molar-refractivity contribution in [3.8, 4) is 0 Å². The van der Waals surface area contributed by atoms with Crippen LogP contribution in [0.15, 0.2) is 0 Å². The van der Waals surface area contributed by atoms with E-state index in [2.05, 4.69) is 17.1 Å². The summed E-state index contributed by atoms with van der Waals surface area (Å²) in [6, 6.07) is 0.477. The van der Waals surface area contributed by atoms with Crippen LogP contribution in [0.5, 0.6) is 0 Å². The third kappa shape index (κ3) is 3.45. The molecule has 0 spiro atoms. The first-order valence-electron chi connectivity index (χ1n) is 7.41. The van der Waals surface area contributed by atoms with Crippen LogP contribution >= 0.6 is 0 Å². The lowest BCUT2D eigenvalue weighted by Gasteiger charge is -2.34. The second-order valence-corrected chi connectivity index (χ2v) is 5.44. The van der Waals surface area contributed by atoms with E-state index in [4.69, 9.17) is 4.74 Å². The molecule has 0 aromatic carbocycles. The highest BCUT2D eigenvalue weighted by Gasteiger charge is 2.34. The molecule has 0 aromatic rings. The lowest BCUT2D eigenvalue weighted by molar-refractivity contribution is -0.138. The monoisotopic (exact) mass is 254 g/mol. The molecule has 4 nitrogen and oxygen atoms in total. The molecule has 2 fully saturated rings. The number of amides is 1. The van der Waals surface area contributed by atoms with E-state index in [0.29, 0.717) is 18.6 Å². The number of rotatable bonds is 5. The molecule has 0 aromatic heterocycles. The predicted octanol–water partition coefficient (Wildman–Crippen LogP) is 1.40. The average molecular weight is 254 g/mol. The molecule has 0 radical (unpaired) electrons. The molecule has 1 amide bonds. The fourth-order valence-electron chi connectivity index (χ4n) is 3.21. The zero-order valence-corrected chi connectivity index (χ0v) is 11.5. The molecule has 4 heteroatoms. The zero-order chi connectivity index (χ0) is 12.8. The molecule has 1 N–H and O–H groups in total. The highest BCUT2D eigenvalue weighted by atomic mass is 16.5. The lowest BCUT2D eigenvalue weighted by Crippen LogP contribution is -2.45. The van der Waals surface area contributed by atoms with Crippen molar-refractivity contribution in [2.45, 2.75) is 45.1 Å². The quantitative estimate of drug-likeness (QED) is 0.754. The van der Waals surface area contributed by atoms with Gasteiger partial charge in [0.25, 0.3) is 0 Å². The second kappa shape index (κ2) is 7.10. The second-order valence-electron chi connectivity index (χ2n) is 5.44. The van der Waals surface area contributed by atoms with Gasteiger partial charge in [-0.3, -0.25) is 4.79 Å². The Bertz CT molecular complexity index is 265. The van der Waals surface area contributed by atoms with Crippen molar-refractivity contribution in [1.29, 1.82) is 0 Å². The maximum atomic E-state index is 12.2. The summed E-state index contributed by atoms with van der Waals surface area (Å²) in [6.07, 6.45) is 5.75. The van der Waals surface area contributed by atoms with Crippen LogP contribution in [0.4, 0.5) is 0 Å². The molecule has 0 saturated carbocycles. The molecular weight excluding hydrogens is 228 g/mol. The van der Waals surface area contributed by atoms with Crippen molar-refractivity contribution < 1.29 is 9.53 Å². The van der Waals surface area contributed by atoms with E-state index in [1.54, 1.807) is 0 Å². The normalized spacial score (nSPS) is 25.6. The van der Waals surface area contributed by atoms with Crippen LogP contribution < -0.4 is 5.32 Å². The van der Waals surface area contributed by atoms with E-state index >= 15 is 0 Å². The topological polar surface area (TPSA) is 41.6 Å². The van der Waals surface area contributed by atoms with E-state index in [-0.39, 0.29) is 12.5 Å². The minimum Gasteiger partial charge on any atom is -0.372 e. The first-order valence-corrected chi connectivity index (χ1v) is 7.41. The summed E-state index contributed by atoms with van der Waals surface area (Å²) in [4.78, 5) is 14.2. The van der Waals surface area contributed by atoms with Gasteiger partial charge in [-0.2, -0.15) is 0 Å². The van der Waals surface area contributed by atoms with E-state index in [0.717, 1.165) is 32.5 Å². The molecule has 2 aliphatic heterocycles. The largest absolute Gasteiger partial charge is 0.372 e. The van der Waals surface area contributed by atoms with Gasteiger partial charge in [-0.15, -0.1) is 0 Å². The Morgan fingerprint density at radius 2 is 2.11 bits per heavy atom. The molecule has 0 aliphatic carbocycles. The van der Waals surface area contributed by atoms with Gasteiger partial charge in [-0.05, 0) is 51.1 Å². The van der Waals surface area contributed by atoms with E-state index in [9.17, 15) is 4.79 Å². The Hall–Kier alpha value is -0.610. The number of hydrogen-bond donors (Lipinski definition) is 1. The van der Waals surface area contributed by atoms with Gasteiger partial charge in [0.2, 0.25) is 5.91 Å². The standard InChI is InChI=1S/C14H26N2O2/c1-2-10-18-11-14(17)16-9-3-4-13(16)12-5-7-15-8-6-12/h12-13,15H,2-11H2,1H3. The maximum Gasteiger partial charge on any atom is 0.248 e. The molecule has 18 heavy (non-hydrogen) atoms. The number of piperidine rings is 1.